The molecule has 8 heteroatoms. The predicted octanol–water partition coefficient (Wildman–Crippen LogP) is 0.630. The van der Waals surface area contributed by atoms with Crippen molar-refractivity contribution in [2.75, 3.05) is 11.9 Å². The summed E-state index contributed by atoms with van der Waals surface area (Å²) in [4.78, 5) is 32.8. The van der Waals surface area contributed by atoms with Crippen LogP contribution in [0.3, 0.4) is 0 Å². The van der Waals surface area contributed by atoms with E-state index in [4.69, 9.17) is 5.73 Å². The third-order valence-corrected chi connectivity index (χ3v) is 2.37. The molecule has 8 nitrogen and oxygen atoms in total. The van der Waals surface area contributed by atoms with E-state index < -0.39 is 10.8 Å². The summed E-state index contributed by atoms with van der Waals surface area (Å²) in [6.45, 7) is 3.46. The van der Waals surface area contributed by atoms with Crippen molar-refractivity contribution in [3.05, 3.63) is 33.9 Å². The van der Waals surface area contributed by atoms with Gasteiger partial charge in [0.25, 0.3) is 5.69 Å². The van der Waals surface area contributed by atoms with E-state index >= 15 is 0 Å². The number of benzene rings is 1. The molecule has 2 amide bonds. The van der Waals surface area contributed by atoms with E-state index in [1.165, 1.54) is 18.2 Å². The number of nitro benzene ring substituents is 1. The molecular formula is C12H16N4O4. The zero-order chi connectivity index (χ0) is 15.3. The highest BCUT2D eigenvalue weighted by Gasteiger charge is 2.16. The lowest BCUT2D eigenvalue weighted by Crippen LogP contribution is -2.34. The summed E-state index contributed by atoms with van der Waals surface area (Å²) in [6.07, 6.45) is 0. The van der Waals surface area contributed by atoms with Crippen LogP contribution in [0.4, 0.5) is 11.4 Å². The number of hydrogen-bond acceptors (Lipinski definition) is 5. The molecule has 0 aromatic heterocycles. The molecule has 0 saturated heterocycles. The number of carbonyl (C=O) groups excluding carboxylic acids is 2. The second-order valence-electron chi connectivity index (χ2n) is 4.43. The Morgan fingerprint density at radius 1 is 1.40 bits per heavy atom. The van der Waals surface area contributed by atoms with Gasteiger partial charge in [-0.25, -0.2) is 0 Å². The zero-order valence-electron chi connectivity index (χ0n) is 11.2. The van der Waals surface area contributed by atoms with Crippen molar-refractivity contribution in [1.82, 2.24) is 5.32 Å². The van der Waals surface area contributed by atoms with Gasteiger partial charge in [0, 0.05) is 17.7 Å². The molecular weight excluding hydrogens is 264 g/mol. The van der Waals surface area contributed by atoms with Crippen LogP contribution in [0.5, 0.6) is 0 Å². The quantitative estimate of drug-likeness (QED) is 0.520. The Hall–Kier alpha value is -2.64. The molecule has 0 bridgehead atoms. The minimum absolute atomic E-state index is 0.0313. The average Bonchev–Trinajstić information content (AvgIpc) is 2.34. The second-order valence-corrected chi connectivity index (χ2v) is 4.43. The van der Waals surface area contributed by atoms with Crippen molar-refractivity contribution < 1.29 is 14.5 Å². The number of rotatable bonds is 6. The molecule has 0 heterocycles. The highest BCUT2D eigenvalue weighted by atomic mass is 16.6. The number of amides is 2. The number of nitro groups is 1. The van der Waals surface area contributed by atoms with Crippen LogP contribution >= 0.6 is 0 Å². The van der Waals surface area contributed by atoms with Crippen LogP contribution in [0.15, 0.2) is 18.2 Å². The van der Waals surface area contributed by atoms with Crippen LogP contribution in [0.2, 0.25) is 0 Å². The maximum absolute atomic E-state index is 11.5. The fourth-order valence-corrected chi connectivity index (χ4v) is 1.54. The molecule has 0 saturated carbocycles. The van der Waals surface area contributed by atoms with Crippen LogP contribution in [-0.2, 0) is 4.79 Å². The zero-order valence-corrected chi connectivity index (χ0v) is 11.2. The fourth-order valence-electron chi connectivity index (χ4n) is 1.54. The molecule has 1 aromatic rings. The van der Waals surface area contributed by atoms with E-state index in [2.05, 4.69) is 10.6 Å². The Balaban J connectivity index is 2.90. The van der Waals surface area contributed by atoms with Gasteiger partial charge in [-0.1, -0.05) is 0 Å². The van der Waals surface area contributed by atoms with E-state index in [9.17, 15) is 19.7 Å². The lowest BCUT2D eigenvalue weighted by Gasteiger charge is -2.10. The van der Waals surface area contributed by atoms with Gasteiger partial charge in [-0.3, -0.25) is 19.7 Å². The number of primary amides is 1. The first-order chi connectivity index (χ1) is 9.31. The molecule has 0 atom stereocenters. The fraction of sp³-hybridized carbons (Fsp3) is 0.333. The van der Waals surface area contributed by atoms with Gasteiger partial charge in [0.2, 0.25) is 11.8 Å². The summed E-state index contributed by atoms with van der Waals surface area (Å²) in [5.74, 6) is -1.01. The molecule has 1 rings (SSSR count). The van der Waals surface area contributed by atoms with Gasteiger partial charge >= 0.3 is 0 Å². The molecule has 0 spiro atoms. The highest BCUT2D eigenvalue weighted by Crippen LogP contribution is 2.25. The largest absolute Gasteiger partial charge is 0.371 e. The highest BCUT2D eigenvalue weighted by molar-refractivity contribution is 5.95. The lowest BCUT2D eigenvalue weighted by atomic mass is 10.1. The van der Waals surface area contributed by atoms with E-state index in [1.807, 2.05) is 0 Å². The van der Waals surface area contributed by atoms with Crippen molar-refractivity contribution in [1.29, 1.82) is 0 Å². The summed E-state index contributed by atoms with van der Waals surface area (Å²) in [6, 6.07) is 3.65. The summed E-state index contributed by atoms with van der Waals surface area (Å²) < 4.78 is 0. The van der Waals surface area contributed by atoms with Crippen LogP contribution in [-0.4, -0.2) is 29.3 Å². The summed E-state index contributed by atoms with van der Waals surface area (Å²) >= 11 is 0. The molecule has 20 heavy (non-hydrogen) atoms. The number of nitrogens with one attached hydrogen (secondary N) is 2. The average molecular weight is 280 g/mol. The topological polar surface area (TPSA) is 127 Å². The summed E-state index contributed by atoms with van der Waals surface area (Å²) in [5, 5.41) is 16.1. The second kappa shape index (κ2) is 6.50. The molecule has 0 fully saturated rings. The first-order valence-corrected chi connectivity index (χ1v) is 5.92. The third-order valence-electron chi connectivity index (χ3n) is 2.37. The third kappa shape index (κ3) is 4.23. The normalized spacial score (nSPS) is 10.2. The van der Waals surface area contributed by atoms with Crippen molar-refractivity contribution in [3.8, 4) is 0 Å². The summed E-state index contributed by atoms with van der Waals surface area (Å²) in [5.41, 5.74) is 5.09. The van der Waals surface area contributed by atoms with Crippen LogP contribution in [0, 0.1) is 10.1 Å². The molecule has 0 radical (unpaired) electrons. The maximum atomic E-state index is 11.5. The first-order valence-electron chi connectivity index (χ1n) is 5.92. The molecule has 0 aliphatic carbocycles. The van der Waals surface area contributed by atoms with Gasteiger partial charge in [0.1, 0.15) is 5.69 Å². The van der Waals surface area contributed by atoms with Crippen LogP contribution in [0.1, 0.15) is 24.2 Å². The molecule has 4 N–H and O–H groups in total. The SMILES string of the molecule is CC(C)NC(=O)CNc1cc(C(N)=O)ccc1[N+](=O)[O-]. The standard InChI is InChI=1S/C12H16N4O4/c1-7(2)15-11(17)6-14-9-5-8(12(13)18)3-4-10(9)16(19)20/h3-5,7,14H,6H2,1-2H3,(H2,13,18)(H,15,17). The van der Waals surface area contributed by atoms with Gasteiger partial charge in [-0.05, 0) is 26.0 Å². The van der Waals surface area contributed by atoms with Crippen molar-refractivity contribution >= 4 is 23.2 Å². The van der Waals surface area contributed by atoms with Gasteiger partial charge < -0.3 is 16.4 Å². The number of hydrogen-bond donors (Lipinski definition) is 3. The van der Waals surface area contributed by atoms with Gasteiger partial charge in [-0.15, -0.1) is 0 Å². The van der Waals surface area contributed by atoms with Crippen molar-refractivity contribution in [3.63, 3.8) is 0 Å². The number of nitrogens with zero attached hydrogens (tertiary/aromatic N) is 1. The number of anilines is 1. The Morgan fingerprint density at radius 2 is 2.05 bits per heavy atom. The molecule has 108 valence electrons. The maximum Gasteiger partial charge on any atom is 0.292 e. The van der Waals surface area contributed by atoms with Gasteiger partial charge in [0.15, 0.2) is 0 Å². The van der Waals surface area contributed by atoms with E-state index in [1.54, 1.807) is 13.8 Å². The predicted molar refractivity (Wildman–Crippen MR) is 73.4 cm³/mol. The Labute approximate surface area is 115 Å². The monoisotopic (exact) mass is 280 g/mol. The smallest absolute Gasteiger partial charge is 0.292 e. The summed E-state index contributed by atoms with van der Waals surface area (Å²) in [7, 11) is 0. The molecule has 0 aliphatic heterocycles. The lowest BCUT2D eigenvalue weighted by molar-refractivity contribution is -0.383. The minimum atomic E-state index is -0.699. The molecule has 1 aromatic carbocycles. The van der Waals surface area contributed by atoms with Gasteiger partial charge in [0.05, 0.1) is 11.5 Å². The van der Waals surface area contributed by atoms with E-state index in [0.29, 0.717) is 0 Å². The van der Waals surface area contributed by atoms with Crippen molar-refractivity contribution in [2.24, 2.45) is 5.73 Å². The Kier molecular flexibility index (Phi) is 5.01. The van der Waals surface area contributed by atoms with Crippen LogP contribution in [0.25, 0.3) is 0 Å². The Morgan fingerprint density at radius 3 is 2.55 bits per heavy atom. The Bertz CT molecular complexity index is 542. The number of nitrogens with two attached hydrogens (primary N) is 1. The molecule has 0 unspecified atom stereocenters. The van der Waals surface area contributed by atoms with Gasteiger partial charge in [-0.2, -0.15) is 0 Å². The minimum Gasteiger partial charge on any atom is -0.371 e. The molecule has 0 aliphatic rings. The van der Waals surface area contributed by atoms with Crippen molar-refractivity contribution in [2.45, 2.75) is 19.9 Å². The first kappa shape index (κ1) is 15.4. The van der Waals surface area contributed by atoms with E-state index in [-0.39, 0.29) is 35.4 Å². The number of carbonyl (C=O) groups is 2. The van der Waals surface area contributed by atoms with Crippen LogP contribution < -0.4 is 16.4 Å². The van der Waals surface area contributed by atoms with E-state index in [0.717, 1.165) is 0 Å².